The van der Waals surface area contributed by atoms with Crippen molar-refractivity contribution in [3.05, 3.63) is 0 Å². The van der Waals surface area contributed by atoms with E-state index in [9.17, 15) is 9.59 Å². The van der Waals surface area contributed by atoms with Gasteiger partial charge in [0, 0.05) is 26.7 Å². The molecule has 1 saturated heterocycles. The number of ether oxygens (including phenoxy) is 1. The van der Waals surface area contributed by atoms with Gasteiger partial charge in [0.05, 0.1) is 12.6 Å². The van der Waals surface area contributed by atoms with Crippen LogP contribution in [0.5, 0.6) is 0 Å². The monoisotopic (exact) mass is 307 g/mol. The first-order chi connectivity index (χ1) is 9.03. The van der Waals surface area contributed by atoms with Crippen molar-refractivity contribution in [2.75, 3.05) is 33.2 Å². The Bertz CT molecular complexity index is 324. The summed E-state index contributed by atoms with van der Waals surface area (Å²) in [5.74, 6) is -0.161. The zero-order chi connectivity index (χ0) is 14.4. The van der Waals surface area contributed by atoms with Crippen LogP contribution in [-0.4, -0.2) is 67.0 Å². The molecule has 0 aliphatic carbocycles. The molecule has 0 unspecified atom stereocenters. The highest BCUT2D eigenvalue weighted by molar-refractivity contribution is 5.87. The number of halogens is 1. The van der Waals surface area contributed by atoms with Gasteiger partial charge in [-0.2, -0.15) is 0 Å². The quantitative estimate of drug-likeness (QED) is 0.763. The molecule has 0 spiro atoms. The topological polar surface area (TPSA) is 75.9 Å². The van der Waals surface area contributed by atoms with Crippen LogP contribution in [0.15, 0.2) is 0 Å². The number of hydrogen-bond acceptors (Lipinski definition) is 4. The van der Waals surface area contributed by atoms with E-state index in [1.165, 1.54) is 4.90 Å². The number of amides is 2. The third-order valence-electron chi connectivity index (χ3n) is 3.51. The molecule has 118 valence electrons. The lowest BCUT2D eigenvalue weighted by atomic mass is 10.2. The Balaban J connectivity index is 0.00000361. The number of likely N-dealkylation sites (N-methyl/N-ethyl adjacent to an activating group) is 2. The number of hydrogen-bond donors (Lipinski definition) is 1. The van der Waals surface area contributed by atoms with Crippen molar-refractivity contribution in [1.29, 1.82) is 0 Å². The van der Waals surface area contributed by atoms with Crippen LogP contribution in [0.3, 0.4) is 0 Å². The van der Waals surface area contributed by atoms with Crippen molar-refractivity contribution in [1.82, 2.24) is 9.80 Å². The minimum Gasteiger partial charge on any atom is -0.364 e. The van der Waals surface area contributed by atoms with Crippen LogP contribution in [0, 0.1) is 0 Å². The van der Waals surface area contributed by atoms with Gasteiger partial charge in [0.1, 0.15) is 6.10 Å². The second-order valence-corrected chi connectivity index (χ2v) is 4.82. The molecule has 1 aliphatic rings. The molecule has 0 saturated carbocycles. The summed E-state index contributed by atoms with van der Waals surface area (Å²) in [6, 6.07) is 0. The lowest BCUT2D eigenvalue weighted by Gasteiger charge is -2.25. The second-order valence-electron chi connectivity index (χ2n) is 4.82. The normalized spacial score (nSPS) is 21.2. The number of nitrogens with two attached hydrogens (primary N) is 1. The van der Waals surface area contributed by atoms with Crippen molar-refractivity contribution in [2.45, 2.75) is 38.9 Å². The lowest BCUT2D eigenvalue weighted by Crippen LogP contribution is -2.44. The van der Waals surface area contributed by atoms with E-state index < -0.39 is 6.10 Å². The summed E-state index contributed by atoms with van der Waals surface area (Å²) in [4.78, 5) is 27.2. The molecule has 0 aromatic rings. The number of carbonyl (C=O) groups excluding carboxylic acids is 2. The molecule has 0 aromatic heterocycles. The first-order valence-electron chi connectivity index (χ1n) is 6.91. The van der Waals surface area contributed by atoms with Crippen LogP contribution in [0.1, 0.15) is 26.7 Å². The third kappa shape index (κ3) is 4.92. The van der Waals surface area contributed by atoms with Gasteiger partial charge in [0.25, 0.3) is 5.91 Å². The van der Waals surface area contributed by atoms with E-state index in [1.807, 2.05) is 13.8 Å². The lowest BCUT2D eigenvalue weighted by molar-refractivity contribution is -0.146. The minimum atomic E-state index is -0.442. The summed E-state index contributed by atoms with van der Waals surface area (Å²) < 4.78 is 5.55. The maximum atomic E-state index is 12.1. The molecule has 6 nitrogen and oxygen atoms in total. The van der Waals surface area contributed by atoms with Gasteiger partial charge < -0.3 is 20.3 Å². The molecule has 1 rings (SSSR count). The summed E-state index contributed by atoms with van der Waals surface area (Å²) in [6.07, 6.45) is 1.03. The number of carbonyl (C=O) groups is 2. The van der Waals surface area contributed by atoms with Crippen LogP contribution < -0.4 is 5.73 Å². The van der Waals surface area contributed by atoms with Gasteiger partial charge in [-0.15, -0.1) is 12.4 Å². The molecule has 1 aliphatic heterocycles. The number of nitrogens with zero attached hydrogens (tertiary/aromatic N) is 2. The van der Waals surface area contributed by atoms with E-state index in [1.54, 1.807) is 11.9 Å². The Morgan fingerprint density at radius 1 is 1.25 bits per heavy atom. The van der Waals surface area contributed by atoms with Gasteiger partial charge >= 0.3 is 0 Å². The summed E-state index contributed by atoms with van der Waals surface area (Å²) in [7, 11) is 1.64. The zero-order valence-electron chi connectivity index (χ0n) is 12.5. The molecule has 2 amide bonds. The average Bonchev–Trinajstić information content (AvgIpc) is 2.87. The molecular formula is C13H26ClN3O3. The van der Waals surface area contributed by atoms with E-state index >= 15 is 0 Å². The van der Waals surface area contributed by atoms with Gasteiger partial charge in [-0.1, -0.05) is 0 Å². The maximum Gasteiger partial charge on any atom is 0.251 e. The van der Waals surface area contributed by atoms with Gasteiger partial charge in [-0.05, 0) is 26.7 Å². The Morgan fingerprint density at radius 3 is 2.30 bits per heavy atom. The smallest absolute Gasteiger partial charge is 0.251 e. The standard InChI is InChI=1S/C13H25N3O3.ClH/c1-4-16(5-2)12(17)9-15(3)13(18)11-7-6-10(8-14)19-11;/h10-11H,4-9,14H2,1-3H3;1H/t10-,11+;/m1./s1. The van der Waals surface area contributed by atoms with Crippen molar-refractivity contribution in [3.63, 3.8) is 0 Å². The van der Waals surface area contributed by atoms with Crippen LogP contribution in [0.25, 0.3) is 0 Å². The van der Waals surface area contributed by atoms with Gasteiger partial charge in [-0.3, -0.25) is 9.59 Å². The highest BCUT2D eigenvalue weighted by Crippen LogP contribution is 2.20. The molecule has 20 heavy (non-hydrogen) atoms. The van der Waals surface area contributed by atoms with E-state index in [0.717, 1.165) is 6.42 Å². The van der Waals surface area contributed by atoms with Crippen molar-refractivity contribution in [2.24, 2.45) is 5.73 Å². The van der Waals surface area contributed by atoms with Gasteiger partial charge in [-0.25, -0.2) is 0 Å². The molecule has 0 bridgehead atoms. The van der Waals surface area contributed by atoms with E-state index in [4.69, 9.17) is 10.5 Å². The van der Waals surface area contributed by atoms with Crippen LogP contribution in [-0.2, 0) is 14.3 Å². The largest absolute Gasteiger partial charge is 0.364 e. The third-order valence-corrected chi connectivity index (χ3v) is 3.51. The fourth-order valence-electron chi connectivity index (χ4n) is 2.26. The Morgan fingerprint density at radius 2 is 1.85 bits per heavy atom. The SMILES string of the molecule is CCN(CC)C(=O)CN(C)C(=O)[C@@H]1CC[C@H](CN)O1.Cl. The Kier molecular flexibility index (Phi) is 8.76. The molecule has 0 radical (unpaired) electrons. The minimum absolute atomic E-state index is 0. The Hall–Kier alpha value is -0.850. The summed E-state index contributed by atoms with van der Waals surface area (Å²) in [6.45, 7) is 5.71. The molecular weight excluding hydrogens is 282 g/mol. The average molecular weight is 308 g/mol. The van der Waals surface area contributed by atoms with Gasteiger partial charge in [0.15, 0.2) is 0 Å². The summed E-state index contributed by atoms with van der Waals surface area (Å²) in [5.41, 5.74) is 5.52. The van der Waals surface area contributed by atoms with Crippen molar-refractivity contribution < 1.29 is 14.3 Å². The molecule has 1 fully saturated rings. The summed E-state index contributed by atoms with van der Waals surface area (Å²) >= 11 is 0. The fourth-order valence-corrected chi connectivity index (χ4v) is 2.26. The van der Waals surface area contributed by atoms with Crippen molar-refractivity contribution >= 4 is 24.2 Å². The predicted molar refractivity (Wildman–Crippen MR) is 79.8 cm³/mol. The highest BCUT2D eigenvalue weighted by Gasteiger charge is 2.32. The molecule has 2 atom stereocenters. The van der Waals surface area contributed by atoms with Crippen LogP contribution in [0.4, 0.5) is 0 Å². The van der Waals surface area contributed by atoms with E-state index in [0.29, 0.717) is 26.1 Å². The van der Waals surface area contributed by atoms with Gasteiger partial charge in [0.2, 0.25) is 5.91 Å². The van der Waals surface area contributed by atoms with E-state index in [2.05, 4.69) is 0 Å². The highest BCUT2D eigenvalue weighted by atomic mass is 35.5. The second kappa shape index (κ2) is 9.15. The predicted octanol–water partition coefficient (Wildman–Crippen LogP) is 0.241. The first kappa shape index (κ1) is 19.1. The molecule has 7 heteroatoms. The zero-order valence-corrected chi connectivity index (χ0v) is 13.3. The fraction of sp³-hybridized carbons (Fsp3) is 0.846. The van der Waals surface area contributed by atoms with Crippen LogP contribution in [0.2, 0.25) is 0 Å². The van der Waals surface area contributed by atoms with E-state index in [-0.39, 0.29) is 36.9 Å². The number of rotatable bonds is 6. The van der Waals surface area contributed by atoms with Crippen molar-refractivity contribution in [3.8, 4) is 0 Å². The first-order valence-corrected chi connectivity index (χ1v) is 6.91. The molecule has 2 N–H and O–H groups in total. The Labute approximate surface area is 127 Å². The summed E-state index contributed by atoms with van der Waals surface area (Å²) in [5, 5.41) is 0. The molecule has 1 heterocycles. The molecule has 0 aromatic carbocycles. The maximum absolute atomic E-state index is 12.1. The van der Waals surface area contributed by atoms with Crippen LogP contribution >= 0.6 is 12.4 Å².